The summed E-state index contributed by atoms with van der Waals surface area (Å²) in [5, 5.41) is 14.2. The Balaban J connectivity index is 1.41. The Morgan fingerprint density at radius 1 is 0.919 bits per heavy atom. The van der Waals surface area contributed by atoms with Gasteiger partial charge < -0.3 is 5.32 Å². The summed E-state index contributed by atoms with van der Waals surface area (Å²) < 4.78 is 3.07. The van der Waals surface area contributed by atoms with Crippen molar-refractivity contribution in [2.75, 3.05) is 5.32 Å². The van der Waals surface area contributed by atoms with Crippen LogP contribution in [0.25, 0.3) is 33.4 Å². The molecule has 6 rings (SSSR count). The molecular formula is C28H23N7O2. The van der Waals surface area contributed by atoms with Crippen LogP contribution in [-0.4, -0.2) is 35.4 Å². The van der Waals surface area contributed by atoms with E-state index in [-0.39, 0.29) is 17.4 Å². The van der Waals surface area contributed by atoms with Gasteiger partial charge in [0.25, 0.3) is 11.5 Å². The third kappa shape index (κ3) is 3.96. The molecule has 0 fully saturated rings. The number of hydrogen-bond acceptors (Lipinski definition) is 5. The number of fused-ring (bicyclic) bond motifs is 2. The van der Waals surface area contributed by atoms with Gasteiger partial charge in [0.15, 0.2) is 5.65 Å². The second-order valence-corrected chi connectivity index (χ2v) is 9.07. The Labute approximate surface area is 211 Å². The van der Waals surface area contributed by atoms with Crippen LogP contribution in [0.5, 0.6) is 0 Å². The van der Waals surface area contributed by atoms with Crippen molar-refractivity contribution in [1.29, 1.82) is 0 Å². The second kappa shape index (κ2) is 8.56. The van der Waals surface area contributed by atoms with Crippen molar-refractivity contribution >= 4 is 33.5 Å². The third-order valence-electron chi connectivity index (χ3n) is 6.29. The van der Waals surface area contributed by atoms with Gasteiger partial charge in [0, 0.05) is 11.6 Å². The Morgan fingerprint density at radius 3 is 2.54 bits per heavy atom. The van der Waals surface area contributed by atoms with Gasteiger partial charge in [0.05, 0.1) is 17.6 Å². The maximum atomic E-state index is 13.1. The predicted molar refractivity (Wildman–Crippen MR) is 143 cm³/mol. The van der Waals surface area contributed by atoms with E-state index in [1.54, 1.807) is 23.7 Å². The van der Waals surface area contributed by atoms with Crippen LogP contribution in [0.4, 0.5) is 5.82 Å². The van der Waals surface area contributed by atoms with Crippen LogP contribution in [0, 0.1) is 20.8 Å². The molecule has 3 aromatic heterocycles. The maximum absolute atomic E-state index is 13.1. The molecule has 2 N–H and O–H groups in total. The fraction of sp³-hybridized carbons (Fsp3) is 0.107. The molecule has 37 heavy (non-hydrogen) atoms. The number of aromatic nitrogens is 6. The second-order valence-electron chi connectivity index (χ2n) is 9.07. The molecule has 0 aliphatic rings. The van der Waals surface area contributed by atoms with E-state index < -0.39 is 0 Å². The highest BCUT2D eigenvalue weighted by Gasteiger charge is 2.18. The first kappa shape index (κ1) is 22.4. The number of carbonyl (C=O) groups is 1. The van der Waals surface area contributed by atoms with E-state index in [0.29, 0.717) is 28.1 Å². The number of hydrogen-bond donors (Lipinski definition) is 2. The lowest BCUT2D eigenvalue weighted by atomic mass is 10.1. The molecule has 0 radical (unpaired) electrons. The zero-order chi connectivity index (χ0) is 25.7. The fourth-order valence-electron chi connectivity index (χ4n) is 4.50. The summed E-state index contributed by atoms with van der Waals surface area (Å²) in [5.74, 6) is 0.261. The highest BCUT2D eigenvalue weighted by molar-refractivity contribution is 6.06. The van der Waals surface area contributed by atoms with Crippen molar-refractivity contribution in [2.24, 2.45) is 0 Å². The van der Waals surface area contributed by atoms with E-state index >= 15 is 0 Å². The topological polar surface area (TPSA) is 110 Å². The van der Waals surface area contributed by atoms with Gasteiger partial charge in [0.1, 0.15) is 11.2 Å². The van der Waals surface area contributed by atoms with Crippen LogP contribution in [0.3, 0.4) is 0 Å². The average molecular weight is 490 g/mol. The molecule has 182 valence electrons. The van der Waals surface area contributed by atoms with E-state index in [9.17, 15) is 9.59 Å². The van der Waals surface area contributed by atoms with Crippen LogP contribution in [0.1, 0.15) is 27.2 Å². The van der Waals surface area contributed by atoms with Gasteiger partial charge in [0.2, 0.25) is 5.95 Å². The van der Waals surface area contributed by atoms with E-state index in [1.165, 1.54) is 10.9 Å². The molecule has 3 heterocycles. The molecular weight excluding hydrogens is 466 g/mol. The first-order valence-electron chi connectivity index (χ1n) is 11.8. The molecule has 0 atom stereocenters. The Bertz CT molecular complexity index is 1890. The van der Waals surface area contributed by atoms with Crippen molar-refractivity contribution in [2.45, 2.75) is 20.8 Å². The molecule has 0 spiro atoms. The average Bonchev–Trinajstić information content (AvgIpc) is 3.47. The van der Waals surface area contributed by atoms with E-state index in [4.69, 9.17) is 4.98 Å². The number of carbonyl (C=O) groups excluding carboxylic acids is 1. The van der Waals surface area contributed by atoms with Crippen LogP contribution in [0.15, 0.2) is 77.7 Å². The summed E-state index contributed by atoms with van der Waals surface area (Å²) in [6, 6.07) is 21.1. The lowest BCUT2D eigenvalue weighted by molar-refractivity contribution is 0.102. The van der Waals surface area contributed by atoms with Gasteiger partial charge in [-0.2, -0.15) is 19.9 Å². The lowest BCUT2D eigenvalue weighted by Crippen LogP contribution is -2.19. The normalized spacial score (nSPS) is 11.3. The van der Waals surface area contributed by atoms with Crippen LogP contribution in [0.2, 0.25) is 0 Å². The quantitative estimate of drug-likeness (QED) is 0.375. The Morgan fingerprint density at radius 2 is 1.73 bits per heavy atom. The van der Waals surface area contributed by atoms with E-state index in [0.717, 1.165) is 27.6 Å². The minimum absolute atomic E-state index is 0.172. The number of aromatic amines is 1. The van der Waals surface area contributed by atoms with Gasteiger partial charge in [-0.25, -0.2) is 4.68 Å². The summed E-state index contributed by atoms with van der Waals surface area (Å²) in [5.41, 5.74) is 4.16. The first-order chi connectivity index (χ1) is 17.9. The molecule has 0 bridgehead atoms. The van der Waals surface area contributed by atoms with Crippen LogP contribution < -0.4 is 10.9 Å². The van der Waals surface area contributed by atoms with Crippen LogP contribution >= 0.6 is 0 Å². The standard InChI is InChI=1S/C28H23N7O2/c1-16-8-11-23(17(2)12-16)34-25-22(15-29-34)27(37)32-28(31-25)35-24(13-18(3)33-35)30-26(36)21-10-9-19-6-4-5-7-20(19)14-21/h4-15H,1-3H3,(H,30,36)(H,31,32,37). The molecule has 0 aliphatic heterocycles. The largest absolute Gasteiger partial charge is 0.306 e. The first-order valence-corrected chi connectivity index (χ1v) is 11.8. The van der Waals surface area contributed by atoms with Gasteiger partial charge >= 0.3 is 0 Å². The van der Waals surface area contributed by atoms with Crippen molar-refractivity contribution in [3.63, 3.8) is 0 Å². The van der Waals surface area contributed by atoms with Gasteiger partial charge in [-0.1, -0.05) is 48.0 Å². The van der Waals surface area contributed by atoms with Gasteiger partial charge in [-0.05, 0) is 55.3 Å². The number of benzene rings is 3. The fourth-order valence-corrected chi connectivity index (χ4v) is 4.50. The van der Waals surface area contributed by atoms with Crippen LogP contribution in [-0.2, 0) is 0 Å². The zero-order valence-electron chi connectivity index (χ0n) is 20.5. The summed E-state index contributed by atoms with van der Waals surface area (Å²) in [6.07, 6.45) is 1.50. The number of nitrogens with one attached hydrogen (secondary N) is 2. The maximum Gasteiger partial charge on any atom is 0.263 e. The molecule has 6 aromatic rings. The molecule has 1 amide bonds. The van der Waals surface area contributed by atoms with Gasteiger partial charge in [-0.15, -0.1) is 0 Å². The molecule has 0 unspecified atom stereocenters. The van der Waals surface area contributed by atoms with Crippen molar-refractivity contribution in [3.05, 3.63) is 106 Å². The third-order valence-corrected chi connectivity index (χ3v) is 6.29. The highest BCUT2D eigenvalue weighted by Crippen LogP contribution is 2.22. The summed E-state index contributed by atoms with van der Waals surface area (Å²) in [6.45, 7) is 5.81. The number of amides is 1. The minimum atomic E-state index is -0.351. The summed E-state index contributed by atoms with van der Waals surface area (Å²) in [4.78, 5) is 33.6. The Kier molecular flexibility index (Phi) is 5.19. The highest BCUT2D eigenvalue weighted by atomic mass is 16.2. The predicted octanol–water partition coefficient (Wildman–Crippen LogP) is 4.63. The minimum Gasteiger partial charge on any atom is -0.306 e. The van der Waals surface area contributed by atoms with E-state index in [1.807, 2.05) is 68.4 Å². The molecule has 9 heteroatoms. The molecule has 0 aliphatic carbocycles. The van der Waals surface area contributed by atoms with E-state index in [2.05, 4.69) is 20.5 Å². The molecule has 0 saturated heterocycles. The number of nitrogens with zero attached hydrogens (tertiary/aromatic N) is 5. The molecule has 0 saturated carbocycles. The molecule has 3 aromatic carbocycles. The van der Waals surface area contributed by atoms with Gasteiger partial charge in [-0.3, -0.25) is 14.6 Å². The smallest absolute Gasteiger partial charge is 0.263 e. The monoisotopic (exact) mass is 489 g/mol. The number of aryl methyl sites for hydroxylation is 3. The van der Waals surface area contributed by atoms with Crippen molar-refractivity contribution in [3.8, 4) is 11.6 Å². The molecule has 9 nitrogen and oxygen atoms in total. The summed E-state index contributed by atoms with van der Waals surface area (Å²) >= 11 is 0. The SMILES string of the molecule is Cc1ccc(-n2ncc3c(=O)[nH]c(-n4nc(C)cc4NC(=O)c4ccc5ccccc5c4)nc32)c(C)c1. The summed E-state index contributed by atoms with van der Waals surface area (Å²) in [7, 11) is 0. The number of H-pyrrole nitrogens is 1. The van der Waals surface area contributed by atoms with Crippen molar-refractivity contribution in [1.82, 2.24) is 29.5 Å². The number of rotatable bonds is 4. The Hall–Kier alpha value is -5.05. The lowest BCUT2D eigenvalue weighted by Gasteiger charge is -2.10. The number of anilines is 1. The zero-order valence-corrected chi connectivity index (χ0v) is 20.5. The van der Waals surface area contributed by atoms with Crippen molar-refractivity contribution < 1.29 is 4.79 Å².